The molecule has 0 spiro atoms. The second-order valence-corrected chi connectivity index (χ2v) is 7.26. The van der Waals surface area contributed by atoms with Gasteiger partial charge in [-0.15, -0.1) is 0 Å². The van der Waals surface area contributed by atoms with E-state index < -0.39 is 5.60 Å². The summed E-state index contributed by atoms with van der Waals surface area (Å²) >= 11 is 0. The zero-order valence-electron chi connectivity index (χ0n) is 15.1. The Hall–Kier alpha value is -2.54. The number of aromatic nitrogens is 2. The summed E-state index contributed by atoms with van der Waals surface area (Å²) in [5.74, 6) is 1.39. The maximum absolute atomic E-state index is 12.9. The normalized spacial score (nSPS) is 27.4. The molecule has 7 nitrogen and oxygen atoms in total. The number of aryl methyl sites for hydroxylation is 1. The zero-order chi connectivity index (χ0) is 18.3. The zero-order valence-corrected chi connectivity index (χ0v) is 15.1. The minimum Gasteiger partial charge on any atom is -0.497 e. The van der Waals surface area contributed by atoms with Crippen LogP contribution in [0.4, 0.5) is 10.5 Å². The van der Waals surface area contributed by atoms with Crippen molar-refractivity contribution in [2.24, 2.45) is 7.05 Å². The molecule has 2 aliphatic heterocycles. The van der Waals surface area contributed by atoms with Crippen molar-refractivity contribution in [2.75, 3.05) is 12.4 Å². The van der Waals surface area contributed by atoms with Crippen LogP contribution in [0.5, 0.6) is 5.75 Å². The van der Waals surface area contributed by atoms with Crippen molar-refractivity contribution in [3.8, 4) is 5.75 Å². The molecule has 0 saturated carbocycles. The molecule has 26 heavy (non-hydrogen) atoms. The van der Waals surface area contributed by atoms with Crippen molar-refractivity contribution >= 4 is 11.7 Å². The summed E-state index contributed by atoms with van der Waals surface area (Å²) in [5.41, 5.74) is -0.268. The topological polar surface area (TPSA) is 79.6 Å². The third-order valence-electron chi connectivity index (χ3n) is 5.56. The van der Waals surface area contributed by atoms with Gasteiger partial charge in [0, 0.05) is 56.1 Å². The van der Waals surface area contributed by atoms with Gasteiger partial charge in [0.05, 0.1) is 7.11 Å². The average Bonchev–Trinajstić information content (AvgIpc) is 3.17. The van der Waals surface area contributed by atoms with Crippen LogP contribution in [-0.2, 0) is 12.6 Å². The Morgan fingerprint density at radius 2 is 2.08 bits per heavy atom. The van der Waals surface area contributed by atoms with Crippen molar-refractivity contribution in [1.29, 1.82) is 0 Å². The number of hydrogen-bond acceptors (Lipinski definition) is 4. The van der Waals surface area contributed by atoms with E-state index in [1.54, 1.807) is 19.4 Å². The van der Waals surface area contributed by atoms with E-state index in [4.69, 9.17) is 4.74 Å². The van der Waals surface area contributed by atoms with Gasteiger partial charge in [0.2, 0.25) is 0 Å². The molecule has 3 heterocycles. The summed E-state index contributed by atoms with van der Waals surface area (Å²) in [6.45, 7) is 0. The quantitative estimate of drug-likeness (QED) is 0.885. The lowest BCUT2D eigenvalue weighted by molar-refractivity contribution is -0.0505. The Labute approximate surface area is 152 Å². The number of fused-ring (bicyclic) bond motifs is 2. The van der Waals surface area contributed by atoms with Crippen LogP contribution in [0.3, 0.4) is 0 Å². The van der Waals surface area contributed by atoms with E-state index in [9.17, 15) is 9.90 Å². The van der Waals surface area contributed by atoms with Crippen LogP contribution in [0.1, 0.15) is 31.5 Å². The lowest BCUT2D eigenvalue weighted by Crippen LogP contribution is -2.53. The van der Waals surface area contributed by atoms with Crippen molar-refractivity contribution < 1.29 is 14.6 Å². The first kappa shape index (κ1) is 16.9. The Bertz CT molecular complexity index is 805. The van der Waals surface area contributed by atoms with E-state index in [-0.39, 0.29) is 18.1 Å². The lowest BCUT2D eigenvalue weighted by atomic mass is 9.85. The maximum Gasteiger partial charge on any atom is 0.322 e. The van der Waals surface area contributed by atoms with Gasteiger partial charge in [0.1, 0.15) is 17.2 Å². The van der Waals surface area contributed by atoms with Gasteiger partial charge in [-0.3, -0.25) is 0 Å². The number of imidazole rings is 1. The molecule has 7 heteroatoms. The summed E-state index contributed by atoms with van der Waals surface area (Å²) in [5, 5.41) is 14.2. The second kappa shape index (κ2) is 6.32. The van der Waals surface area contributed by atoms with Gasteiger partial charge in [-0.05, 0) is 25.0 Å². The molecule has 1 aromatic heterocycles. The molecule has 2 aromatic rings. The second-order valence-electron chi connectivity index (χ2n) is 7.26. The van der Waals surface area contributed by atoms with Crippen molar-refractivity contribution in [1.82, 2.24) is 14.5 Å². The molecule has 1 unspecified atom stereocenters. The maximum atomic E-state index is 12.9. The Morgan fingerprint density at radius 1 is 1.35 bits per heavy atom. The van der Waals surface area contributed by atoms with E-state index in [0.29, 0.717) is 30.1 Å². The Balaban J connectivity index is 1.51. The third kappa shape index (κ3) is 2.82. The van der Waals surface area contributed by atoms with E-state index in [0.717, 1.165) is 12.8 Å². The SMILES string of the molecule is COc1cccc(NC(=O)N2[C@@H]3CC[C@H]2CC(O)(c2nccn2C)C3)c1. The number of carbonyl (C=O) groups is 1. The Morgan fingerprint density at radius 3 is 2.69 bits per heavy atom. The molecule has 0 radical (unpaired) electrons. The number of ether oxygens (including phenoxy) is 1. The van der Waals surface area contributed by atoms with E-state index in [1.165, 1.54) is 0 Å². The van der Waals surface area contributed by atoms with Crippen LogP contribution < -0.4 is 10.1 Å². The molecule has 0 aliphatic carbocycles. The summed E-state index contributed by atoms with van der Waals surface area (Å²) in [7, 11) is 3.49. The fourth-order valence-corrected chi connectivity index (χ4v) is 4.44. The summed E-state index contributed by atoms with van der Waals surface area (Å²) in [4.78, 5) is 19.1. The molecular weight excluding hydrogens is 332 g/mol. The molecule has 4 rings (SSSR count). The summed E-state index contributed by atoms with van der Waals surface area (Å²) in [6.07, 6.45) is 6.39. The van der Waals surface area contributed by atoms with Gasteiger partial charge in [-0.1, -0.05) is 6.07 Å². The predicted octanol–water partition coefficient (Wildman–Crippen LogP) is 2.48. The van der Waals surface area contributed by atoms with Crippen LogP contribution in [0.15, 0.2) is 36.7 Å². The predicted molar refractivity (Wildman–Crippen MR) is 97.0 cm³/mol. The van der Waals surface area contributed by atoms with Crippen LogP contribution in [0.25, 0.3) is 0 Å². The Kier molecular flexibility index (Phi) is 4.11. The number of aliphatic hydroxyl groups is 1. The lowest BCUT2D eigenvalue weighted by Gasteiger charge is -2.43. The number of nitrogens with one attached hydrogen (secondary N) is 1. The summed E-state index contributed by atoms with van der Waals surface area (Å²) < 4.78 is 7.08. The number of methoxy groups -OCH3 is 1. The van der Waals surface area contributed by atoms with Crippen molar-refractivity contribution in [2.45, 2.75) is 43.4 Å². The fourth-order valence-electron chi connectivity index (χ4n) is 4.44. The first-order valence-corrected chi connectivity index (χ1v) is 8.94. The molecular formula is C19H24N4O3. The first-order chi connectivity index (χ1) is 12.5. The van der Waals surface area contributed by atoms with E-state index in [2.05, 4.69) is 10.3 Å². The minimum atomic E-state index is -0.975. The van der Waals surface area contributed by atoms with Crippen LogP contribution in [0, 0.1) is 0 Å². The van der Waals surface area contributed by atoms with Gasteiger partial charge in [-0.2, -0.15) is 0 Å². The first-order valence-electron chi connectivity index (χ1n) is 8.94. The molecule has 2 fully saturated rings. The smallest absolute Gasteiger partial charge is 0.322 e. The average molecular weight is 356 g/mol. The molecule has 2 aliphatic rings. The monoisotopic (exact) mass is 356 g/mol. The molecule has 3 atom stereocenters. The number of carbonyl (C=O) groups excluding carboxylic acids is 1. The highest BCUT2D eigenvalue weighted by atomic mass is 16.5. The fraction of sp³-hybridized carbons (Fsp3) is 0.474. The number of rotatable bonds is 3. The number of nitrogens with zero attached hydrogens (tertiary/aromatic N) is 3. The molecule has 2 bridgehead atoms. The number of urea groups is 1. The van der Waals surface area contributed by atoms with E-state index >= 15 is 0 Å². The molecule has 1 aromatic carbocycles. The minimum absolute atomic E-state index is 0.0149. The summed E-state index contributed by atoms with van der Waals surface area (Å²) in [6, 6.07) is 7.24. The third-order valence-corrected chi connectivity index (χ3v) is 5.56. The number of piperidine rings is 1. The highest BCUT2D eigenvalue weighted by Gasteiger charge is 2.51. The number of amides is 2. The number of hydrogen-bond donors (Lipinski definition) is 2. The van der Waals surface area contributed by atoms with Crippen LogP contribution in [-0.4, -0.2) is 44.8 Å². The van der Waals surface area contributed by atoms with Crippen LogP contribution in [0.2, 0.25) is 0 Å². The molecule has 2 amide bonds. The van der Waals surface area contributed by atoms with Gasteiger partial charge in [-0.25, -0.2) is 9.78 Å². The highest BCUT2D eigenvalue weighted by molar-refractivity contribution is 5.90. The molecule has 2 N–H and O–H groups in total. The van der Waals surface area contributed by atoms with Gasteiger partial charge in [0.15, 0.2) is 0 Å². The van der Waals surface area contributed by atoms with Crippen LogP contribution >= 0.6 is 0 Å². The van der Waals surface area contributed by atoms with Crippen molar-refractivity contribution in [3.63, 3.8) is 0 Å². The standard InChI is InChI=1S/C19H24N4O3/c1-22-9-8-20-17(22)19(25)11-14-6-7-15(12-19)23(14)18(24)21-13-4-3-5-16(10-13)26-2/h3-5,8-10,14-15,25H,6-7,11-12H2,1-2H3,(H,21,24)/t14-,15+,19?. The van der Waals surface area contributed by atoms with Crippen molar-refractivity contribution in [3.05, 3.63) is 42.5 Å². The number of anilines is 1. The van der Waals surface area contributed by atoms with E-state index in [1.807, 2.05) is 40.9 Å². The van der Waals surface area contributed by atoms with Gasteiger partial charge < -0.3 is 24.6 Å². The molecule has 2 saturated heterocycles. The molecule has 138 valence electrons. The largest absolute Gasteiger partial charge is 0.497 e. The number of benzene rings is 1. The highest BCUT2D eigenvalue weighted by Crippen LogP contribution is 2.45. The van der Waals surface area contributed by atoms with Gasteiger partial charge in [0.25, 0.3) is 0 Å². The van der Waals surface area contributed by atoms with Gasteiger partial charge >= 0.3 is 6.03 Å².